The monoisotopic (exact) mass is 441 g/mol. The third kappa shape index (κ3) is 4.59. The van der Waals surface area contributed by atoms with Gasteiger partial charge in [0.15, 0.2) is 5.82 Å². The molecule has 1 fully saturated rings. The SMILES string of the molecule is COc1ccc(C(=O)Nc2cccnc2-n2cccn2)cc1S(=O)(=O)NC1CCCC1. The fourth-order valence-corrected chi connectivity index (χ4v) is 5.12. The fourth-order valence-electron chi connectivity index (χ4n) is 3.62. The maximum absolute atomic E-state index is 13.0. The van der Waals surface area contributed by atoms with E-state index in [2.05, 4.69) is 20.1 Å². The van der Waals surface area contributed by atoms with Gasteiger partial charge in [-0.3, -0.25) is 4.79 Å². The zero-order chi connectivity index (χ0) is 21.8. The summed E-state index contributed by atoms with van der Waals surface area (Å²) in [4.78, 5) is 17.1. The summed E-state index contributed by atoms with van der Waals surface area (Å²) in [7, 11) is -2.44. The molecule has 10 heteroatoms. The van der Waals surface area contributed by atoms with Crippen LogP contribution in [-0.4, -0.2) is 42.2 Å². The Bertz CT molecular complexity index is 1170. The molecule has 162 valence electrons. The van der Waals surface area contributed by atoms with Crippen LogP contribution in [-0.2, 0) is 10.0 Å². The molecule has 1 aromatic carbocycles. The quantitative estimate of drug-likeness (QED) is 0.583. The van der Waals surface area contributed by atoms with Crippen LogP contribution in [0, 0.1) is 0 Å². The number of hydrogen-bond donors (Lipinski definition) is 2. The second-order valence-corrected chi connectivity index (χ2v) is 8.93. The van der Waals surface area contributed by atoms with Crippen LogP contribution in [0.5, 0.6) is 5.75 Å². The molecular weight excluding hydrogens is 418 g/mol. The van der Waals surface area contributed by atoms with E-state index in [1.165, 1.54) is 30.0 Å². The minimum Gasteiger partial charge on any atom is -0.495 e. The Morgan fingerprint density at radius 1 is 1.16 bits per heavy atom. The molecular formula is C21H23N5O4S. The minimum atomic E-state index is -3.84. The summed E-state index contributed by atoms with van der Waals surface area (Å²) in [6.07, 6.45) is 8.52. The molecule has 2 heterocycles. The number of carbonyl (C=O) groups is 1. The predicted octanol–water partition coefficient (Wildman–Crippen LogP) is 2.75. The average molecular weight is 442 g/mol. The second kappa shape index (κ2) is 8.86. The van der Waals surface area contributed by atoms with E-state index in [4.69, 9.17) is 4.74 Å². The molecule has 1 aliphatic carbocycles. The number of ether oxygens (including phenoxy) is 1. The number of anilines is 1. The summed E-state index contributed by atoms with van der Waals surface area (Å²) in [5, 5.41) is 6.93. The van der Waals surface area contributed by atoms with Crippen molar-refractivity contribution in [3.05, 3.63) is 60.6 Å². The zero-order valence-electron chi connectivity index (χ0n) is 17.0. The van der Waals surface area contributed by atoms with Gasteiger partial charge in [-0.15, -0.1) is 0 Å². The highest BCUT2D eigenvalue weighted by Gasteiger charge is 2.26. The molecule has 0 bridgehead atoms. The summed E-state index contributed by atoms with van der Waals surface area (Å²) in [5.41, 5.74) is 0.628. The van der Waals surface area contributed by atoms with E-state index in [0.717, 1.165) is 25.7 Å². The molecule has 1 amide bonds. The number of benzene rings is 1. The number of sulfonamides is 1. The smallest absolute Gasteiger partial charge is 0.255 e. The van der Waals surface area contributed by atoms with Gasteiger partial charge in [-0.1, -0.05) is 12.8 Å². The molecule has 9 nitrogen and oxygen atoms in total. The van der Waals surface area contributed by atoms with E-state index in [1.54, 1.807) is 36.8 Å². The molecule has 1 aliphatic rings. The lowest BCUT2D eigenvalue weighted by molar-refractivity contribution is 0.102. The average Bonchev–Trinajstić information content (AvgIpc) is 3.48. The highest BCUT2D eigenvalue weighted by atomic mass is 32.2. The van der Waals surface area contributed by atoms with Crippen molar-refractivity contribution in [3.63, 3.8) is 0 Å². The van der Waals surface area contributed by atoms with E-state index in [-0.39, 0.29) is 22.3 Å². The molecule has 0 spiro atoms. The zero-order valence-corrected chi connectivity index (χ0v) is 17.8. The number of carbonyl (C=O) groups excluding carboxylic acids is 1. The van der Waals surface area contributed by atoms with E-state index < -0.39 is 15.9 Å². The lowest BCUT2D eigenvalue weighted by Crippen LogP contribution is -2.33. The number of nitrogens with one attached hydrogen (secondary N) is 2. The third-order valence-corrected chi connectivity index (χ3v) is 6.69. The van der Waals surface area contributed by atoms with Gasteiger partial charge in [-0.05, 0) is 49.2 Å². The Hall–Kier alpha value is -3.24. The number of aromatic nitrogens is 3. The molecule has 0 saturated heterocycles. The topological polar surface area (TPSA) is 115 Å². The van der Waals surface area contributed by atoms with Gasteiger partial charge in [0.25, 0.3) is 5.91 Å². The number of rotatable bonds is 7. The van der Waals surface area contributed by atoms with Gasteiger partial charge in [-0.2, -0.15) is 5.10 Å². The lowest BCUT2D eigenvalue weighted by atomic mass is 10.2. The van der Waals surface area contributed by atoms with E-state index >= 15 is 0 Å². The molecule has 0 radical (unpaired) electrons. The maximum Gasteiger partial charge on any atom is 0.255 e. The van der Waals surface area contributed by atoms with Crippen LogP contribution in [0.25, 0.3) is 5.82 Å². The van der Waals surface area contributed by atoms with Gasteiger partial charge in [0.2, 0.25) is 10.0 Å². The van der Waals surface area contributed by atoms with E-state index in [9.17, 15) is 13.2 Å². The summed E-state index contributed by atoms with van der Waals surface area (Å²) < 4.78 is 35.4. The summed E-state index contributed by atoms with van der Waals surface area (Å²) >= 11 is 0. The first-order valence-corrected chi connectivity index (χ1v) is 11.4. The normalized spacial score (nSPS) is 14.5. The summed E-state index contributed by atoms with van der Waals surface area (Å²) in [6, 6.07) is 9.37. The Kier molecular flexibility index (Phi) is 6.01. The molecule has 2 N–H and O–H groups in total. The highest BCUT2D eigenvalue weighted by Crippen LogP contribution is 2.28. The van der Waals surface area contributed by atoms with Crippen molar-refractivity contribution in [2.75, 3.05) is 12.4 Å². The molecule has 0 unspecified atom stereocenters. The number of methoxy groups -OCH3 is 1. The van der Waals surface area contributed by atoms with Gasteiger partial charge in [0.05, 0.1) is 12.8 Å². The van der Waals surface area contributed by atoms with Crippen molar-refractivity contribution >= 4 is 21.6 Å². The molecule has 4 rings (SSSR count). The van der Waals surface area contributed by atoms with Gasteiger partial charge in [0.1, 0.15) is 10.6 Å². The van der Waals surface area contributed by atoms with E-state index in [0.29, 0.717) is 11.5 Å². The molecule has 31 heavy (non-hydrogen) atoms. The first kappa shape index (κ1) is 21.0. The van der Waals surface area contributed by atoms with Crippen molar-refractivity contribution in [2.24, 2.45) is 0 Å². The third-order valence-electron chi connectivity index (χ3n) is 5.15. The Morgan fingerprint density at radius 2 is 1.97 bits per heavy atom. The van der Waals surface area contributed by atoms with Crippen LogP contribution in [0.15, 0.2) is 59.9 Å². The predicted molar refractivity (Wildman–Crippen MR) is 115 cm³/mol. The largest absolute Gasteiger partial charge is 0.495 e. The Labute approximate surface area is 180 Å². The molecule has 3 aromatic rings. The maximum atomic E-state index is 13.0. The molecule has 1 saturated carbocycles. The van der Waals surface area contributed by atoms with Crippen LogP contribution in [0.2, 0.25) is 0 Å². The van der Waals surface area contributed by atoms with Crippen LogP contribution < -0.4 is 14.8 Å². The first-order chi connectivity index (χ1) is 15.0. The van der Waals surface area contributed by atoms with Crippen molar-refractivity contribution in [3.8, 4) is 11.6 Å². The molecule has 2 aromatic heterocycles. The number of pyridine rings is 1. The molecule has 0 atom stereocenters. The second-order valence-electron chi connectivity index (χ2n) is 7.25. The van der Waals surface area contributed by atoms with Crippen LogP contribution in [0.3, 0.4) is 0 Å². The van der Waals surface area contributed by atoms with Crippen molar-refractivity contribution < 1.29 is 17.9 Å². The number of hydrogen-bond acceptors (Lipinski definition) is 6. The van der Waals surface area contributed by atoms with Gasteiger partial charge in [0, 0.05) is 30.2 Å². The highest BCUT2D eigenvalue weighted by molar-refractivity contribution is 7.89. The lowest BCUT2D eigenvalue weighted by Gasteiger charge is -2.16. The van der Waals surface area contributed by atoms with Crippen LogP contribution in [0.1, 0.15) is 36.0 Å². The summed E-state index contributed by atoms with van der Waals surface area (Å²) in [5.74, 6) is 0.159. The Balaban J connectivity index is 1.62. The standard InChI is InChI=1S/C21H23N5O4S/c1-30-18-10-9-15(14-19(18)31(28,29)25-16-6-2-3-7-16)21(27)24-17-8-4-11-22-20(17)26-13-5-12-23-26/h4-5,8-14,16,25H,2-3,6-7H2,1H3,(H,24,27). The first-order valence-electron chi connectivity index (χ1n) is 9.95. The van der Waals surface area contributed by atoms with Crippen molar-refractivity contribution in [2.45, 2.75) is 36.6 Å². The number of nitrogens with zero attached hydrogens (tertiary/aromatic N) is 3. The van der Waals surface area contributed by atoms with Gasteiger partial charge >= 0.3 is 0 Å². The summed E-state index contributed by atoms with van der Waals surface area (Å²) in [6.45, 7) is 0. The van der Waals surface area contributed by atoms with E-state index in [1.807, 2.05) is 0 Å². The van der Waals surface area contributed by atoms with Gasteiger partial charge < -0.3 is 10.1 Å². The fraction of sp³-hybridized carbons (Fsp3) is 0.286. The van der Waals surface area contributed by atoms with Gasteiger partial charge in [-0.25, -0.2) is 22.8 Å². The molecule has 0 aliphatic heterocycles. The van der Waals surface area contributed by atoms with Crippen molar-refractivity contribution in [1.29, 1.82) is 0 Å². The van der Waals surface area contributed by atoms with Crippen LogP contribution in [0.4, 0.5) is 5.69 Å². The van der Waals surface area contributed by atoms with Crippen molar-refractivity contribution in [1.82, 2.24) is 19.5 Å². The minimum absolute atomic E-state index is 0.0620. The number of amides is 1. The van der Waals surface area contributed by atoms with Crippen LogP contribution >= 0.6 is 0 Å². The Morgan fingerprint density at radius 3 is 2.68 bits per heavy atom.